The van der Waals surface area contributed by atoms with Gasteiger partial charge < -0.3 is 123 Å². The number of aliphatic carboxylic acids is 2. The van der Waals surface area contributed by atoms with Crippen LogP contribution in [-0.2, 0) is 91.2 Å². The number of nitrogens with zero attached hydrogens (tertiary/aromatic N) is 2. The average Bonchev–Trinajstić information content (AvgIpc) is 1.05. The highest BCUT2D eigenvalue weighted by Gasteiger charge is 2.40. The number of guanidine groups is 1. The monoisotopic (exact) mass is 1510 g/mol. The second kappa shape index (κ2) is 45.2. The molecule has 3 aromatic rings. The van der Waals surface area contributed by atoms with Gasteiger partial charge in [-0.3, -0.25) is 72.1 Å². The summed E-state index contributed by atoms with van der Waals surface area (Å²) in [4.78, 5) is 214. The number of rotatable bonds is 48. The lowest BCUT2D eigenvalue weighted by atomic mass is 10.0. The third kappa shape index (κ3) is 32.8. The molecular formula is C67H101N19O21. The Labute approximate surface area is 615 Å². The Kier molecular flexibility index (Phi) is 38.0. The molecule has 0 bridgehead atoms. The van der Waals surface area contributed by atoms with E-state index in [0.29, 0.717) is 16.8 Å². The van der Waals surface area contributed by atoms with E-state index in [4.69, 9.17) is 28.7 Å². The molecule has 590 valence electrons. The Morgan fingerprint density at radius 3 is 1.14 bits per heavy atom. The highest BCUT2D eigenvalue weighted by atomic mass is 16.4. The summed E-state index contributed by atoms with van der Waals surface area (Å²) in [6.07, 6.45) is -9.13. The predicted octanol–water partition coefficient (Wildman–Crippen LogP) is -7.80. The van der Waals surface area contributed by atoms with Gasteiger partial charge in [0.25, 0.3) is 0 Å². The molecule has 0 fully saturated rings. The summed E-state index contributed by atoms with van der Waals surface area (Å²) in [7, 11) is 0. The van der Waals surface area contributed by atoms with E-state index in [1.165, 1.54) is 19.4 Å². The van der Waals surface area contributed by atoms with Gasteiger partial charge in [-0.25, -0.2) is 9.78 Å². The zero-order valence-corrected chi connectivity index (χ0v) is 60.0. The van der Waals surface area contributed by atoms with Gasteiger partial charge in [0.1, 0.15) is 72.5 Å². The molecule has 13 amide bonds. The molecule has 0 aliphatic heterocycles. The molecule has 1 heterocycles. The largest absolute Gasteiger partial charge is 0.481 e. The summed E-state index contributed by atoms with van der Waals surface area (Å²) < 4.78 is 0. The van der Waals surface area contributed by atoms with Crippen molar-refractivity contribution in [2.45, 2.75) is 216 Å². The Morgan fingerprint density at radius 1 is 0.421 bits per heavy atom. The summed E-state index contributed by atoms with van der Waals surface area (Å²) in [6, 6.07) is -4.27. The van der Waals surface area contributed by atoms with Crippen LogP contribution in [0.25, 0.3) is 0 Å². The lowest BCUT2D eigenvalue weighted by molar-refractivity contribution is -0.142. The van der Waals surface area contributed by atoms with E-state index < -0.39 is 230 Å². The molecule has 0 aliphatic carbocycles. The van der Waals surface area contributed by atoms with E-state index in [0.717, 1.165) is 20.8 Å². The van der Waals surface area contributed by atoms with E-state index in [9.17, 15) is 103 Å². The van der Waals surface area contributed by atoms with Crippen LogP contribution in [0.15, 0.2) is 78.2 Å². The minimum absolute atomic E-state index is 0.103. The number of nitrogens with two attached hydrogens (primary N) is 5. The summed E-state index contributed by atoms with van der Waals surface area (Å²) in [5, 5.41) is 88.6. The number of hydrogen-bond acceptors (Lipinski definition) is 22. The van der Waals surface area contributed by atoms with Crippen LogP contribution < -0.4 is 87.2 Å². The molecule has 2 aromatic carbocycles. The molecule has 28 N–H and O–H groups in total. The van der Waals surface area contributed by atoms with Gasteiger partial charge >= 0.3 is 11.9 Å². The van der Waals surface area contributed by atoms with Gasteiger partial charge in [-0.2, -0.15) is 0 Å². The van der Waals surface area contributed by atoms with Crippen molar-refractivity contribution in [1.82, 2.24) is 68.5 Å². The van der Waals surface area contributed by atoms with Gasteiger partial charge in [-0.15, -0.1) is 0 Å². The summed E-state index contributed by atoms with van der Waals surface area (Å²) in [5.41, 5.74) is 28.8. The quantitative estimate of drug-likeness (QED) is 0.0142. The highest BCUT2D eigenvalue weighted by molar-refractivity contribution is 6.00. The fourth-order valence-electron chi connectivity index (χ4n) is 10.4. The minimum atomic E-state index is -2.03. The maximum atomic E-state index is 14.5. The molecule has 0 radical (unpaired) electrons. The third-order valence-electron chi connectivity index (χ3n) is 16.3. The summed E-state index contributed by atoms with van der Waals surface area (Å²) in [5.74, 6) is -18.3. The van der Waals surface area contributed by atoms with Crippen LogP contribution in [0.3, 0.4) is 0 Å². The second-order valence-electron chi connectivity index (χ2n) is 26.0. The molecule has 40 heteroatoms. The number of hydrogen-bond donors (Lipinski definition) is 23. The van der Waals surface area contributed by atoms with Gasteiger partial charge in [0.15, 0.2) is 5.96 Å². The number of amides is 13. The fourth-order valence-corrected chi connectivity index (χ4v) is 10.4. The number of carboxylic acid groups (broad SMARTS) is 2. The molecule has 3 rings (SSSR count). The number of aromatic amines is 1. The van der Waals surface area contributed by atoms with Crippen LogP contribution in [-0.4, -0.2) is 239 Å². The van der Waals surface area contributed by atoms with Crippen LogP contribution in [0, 0.1) is 5.92 Å². The molecular weight excluding hydrogens is 1410 g/mol. The predicted molar refractivity (Wildman–Crippen MR) is 379 cm³/mol. The number of nitrogens with one attached hydrogen (secondary N) is 12. The van der Waals surface area contributed by atoms with Crippen LogP contribution in [0.4, 0.5) is 0 Å². The SMILES string of the molecule is CC(C)C[C@H](NC(=O)[C@@H](NC(=O)[C@H](CCCN=C(N)N)NC(=O)[C@@H](NC(=O)[C@H](CCC(=O)O)NC(=O)[C@H](CCC(N)=O)NC(=O)[C@@H](N)[C@@H](C)O)[C@@H](C)O)[C@@H](C)O)C(=O)N[C@H](C(=O)N[C@@H](CCC(N)=O)C(=O)N[C@@H](Cc1ccccc1)C(=O)N[C@@H](Cc1cnc[nH]1)C(=O)N[C@@H](Cc1ccccc1)C(=O)O)[C@@H](C)O. The summed E-state index contributed by atoms with van der Waals surface area (Å²) >= 11 is 0. The van der Waals surface area contributed by atoms with E-state index in [-0.39, 0.29) is 51.0 Å². The zero-order chi connectivity index (χ0) is 80.4. The smallest absolute Gasteiger partial charge is 0.326 e. The van der Waals surface area contributed by atoms with E-state index in [2.05, 4.69) is 73.4 Å². The first-order valence-corrected chi connectivity index (χ1v) is 34.2. The number of primary amides is 2. The molecule has 0 spiro atoms. The van der Waals surface area contributed by atoms with Crippen molar-refractivity contribution in [1.29, 1.82) is 0 Å². The van der Waals surface area contributed by atoms with Crippen molar-refractivity contribution in [2.75, 3.05) is 6.54 Å². The number of aromatic nitrogens is 2. The number of benzene rings is 2. The molecule has 0 aliphatic rings. The van der Waals surface area contributed by atoms with Gasteiger partial charge in [-0.1, -0.05) is 74.5 Å². The molecule has 0 saturated heterocycles. The maximum absolute atomic E-state index is 14.5. The van der Waals surface area contributed by atoms with Crippen molar-refractivity contribution in [3.63, 3.8) is 0 Å². The van der Waals surface area contributed by atoms with E-state index in [1.807, 2.05) is 0 Å². The topological polar surface area (TPSA) is 681 Å². The highest BCUT2D eigenvalue weighted by Crippen LogP contribution is 2.14. The van der Waals surface area contributed by atoms with Crippen molar-refractivity contribution in [3.05, 3.63) is 90.0 Å². The second-order valence-corrected chi connectivity index (χ2v) is 26.0. The lowest BCUT2D eigenvalue weighted by Gasteiger charge is -2.30. The molecule has 107 heavy (non-hydrogen) atoms. The number of imidazole rings is 1. The van der Waals surface area contributed by atoms with Gasteiger partial charge in [0.05, 0.1) is 30.7 Å². The van der Waals surface area contributed by atoms with Crippen molar-refractivity contribution >= 4 is 94.7 Å². The molecule has 1 aromatic heterocycles. The van der Waals surface area contributed by atoms with Crippen LogP contribution in [0.2, 0.25) is 0 Å². The number of carbonyl (C=O) groups excluding carboxylic acids is 13. The average molecular weight is 1510 g/mol. The Morgan fingerprint density at radius 2 is 0.766 bits per heavy atom. The maximum Gasteiger partial charge on any atom is 0.326 e. The molecule has 0 saturated carbocycles. The number of aliphatic imine (C=N–C) groups is 1. The van der Waals surface area contributed by atoms with Gasteiger partial charge in [0.2, 0.25) is 76.8 Å². The number of carbonyl (C=O) groups is 15. The van der Waals surface area contributed by atoms with Crippen LogP contribution in [0.5, 0.6) is 0 Å². The molecule has 16 atom stereocenters. The van der Waals surface area contributed by atoms with Crippen molar-refractivity contribution in [2.24, 2.45) is 39.6 Å². The van der Waals surface area contributed by atoms with E-state index >= 15 is 0 Å². The van der Waals surface area contributed by atoms with Gasteiger partial charge in [0, 0.05) is 57.0 Å². The number of carboxylic acids is 2. The standard InChI is InChI=1S/C67H101N19O21/c1-32(2)26-44(82-65(105)54(36(6)90)84-57(97)40(18-13-25-74-67(71)72)78-63(103)52(34(4)88)85-58(98)43(21-24-50(93)94)76-55(95)41(19-22-48(68)91)77-62(102)51(70)33(3)87)61(101)86-53(35(5)89)64(104)79-42(20-23-49(69)92)56(96)80-45(27-37-14-9-7-10-15-37)59(99)81-46(29-39-30-73-31-75-39)60(100)83-47(66(106)107)28-38-16-11-8-12-17-38/h7-12,14-17,30-36,40-47,51-54,87-90H,13,18-29,70H2,1-6H3,(H2,68,91)(H2,69,92)(H,73,75)(H,76,95)(H,77,102)(H,78,103)(H,79,104)(H,80,96)(H,81,99)(H,82,105)(H,83,100)(H,84,97)(H,85,98)(H,86,101)(H,93,94)(H,106,107)(H4,71,72,74)/t33-,34-,35-,36-,40+,41+,42+,43+,44+,45+,46+,47+,51+,52+,53+,54+/m1/s1. The zero-order valence-electron chi connectivity index (χ0n) is 60.0. The number of H-pyrrole nitrogens is 1. The normalized spacial score (nSPS) is 15.6. The first-order chi connectivity index (χ1) is 50.3. The molecule has 0 unspecified atom stereocenters. The van der Waals surface area contributed by atoms with Crippen LogP contribution in [0.1, 0.15) is 116 Å². The van der Waals surface area contributed by atoms with Gasteiger partial charge in [-0.05, 0) is 83.3 Å². The van der Waals surface area contributed by atoms with E-state index in [1.54, 1.807) is 74.5 Å². The minimum Gasteiger partial charge on any atom is -0.481 e. The Hall–Kier alpha value is -11.2. The number of aliphatic hydroxyl groups is 4. The first-order valence-electron chi connectivity index (χ1n) is 34.2. The fraction of sp³-hybridized carbons (Fsp3) is 0.537. The van der Waals surface area contributed by atoms with Crippen molar-refractivity contribution in [3.8, 4) is 0 Å². The Bertz CT molecular complexity index is 3530. The third-order valence-corrected chi connectivity index (χ3v) is 16.3. The first kappa shape index (κ1) is 90.0. The Balaban J connectivity index is 1.94. The molecule has 40 nitrogen and oxygen atoms in total. The lowest BCUT2D eigenvalue weighted by Crippen LogP contribution is -2.63. The summed E-state index contributed by atoms with van der Waals surface area (Å²) in [6.45, 7) is 7.41. The van der Waals surface area contributed by atoms with Crippen LogP contribution >= 0.6 is 0 Å². The van der Waals surface area contributed by atoms with Crippen molar-refractivity contribution < 1.29 is 103 Å². The number of aliphatic hydroxyl groups excluding tert-OH is 4.